The van der Waals surface area contributed by atoms with Gasteiger partial charge >= 0.3 is 0 Å². The Labute approximate surface area is 145 Å². The molecular weight excluding hydrogens is 296 g/mol. The minimum atomic E-state index is -0.211. The lowest BCUT2D eigenvalue weighted by Gasteiger charge is -2.29. The summed E-state index contributed by atoms with van der Waals surface area (Å²) in [5.74, 6) is 1.23. The zero-order chi connectivity index (χ0) is 17.8. The fourth-order valence-electron chi connectivity index (χ4n) is 4.15. The van der Waals surface area contributed by atoms with Gasteiger partial charge in [-0.05, 0) is 73.6 Å². The van der Waals surface area contributed by atoms with Crippen LogP contribution in [0.1, 0.15) is 64.7 Å². The molecule has 1 atom stereocenters. The number of benzene rings is 2. The van der Waals surface area contributed by atoms with E-state index in [0.29, 0.717) is 5.75 Å². The van der Waals surface area contributed by atoms with Gasteiger partial charge in [-0.25, -0.2) is 0 Å². The molecule has 1 aliphatic rings. The highest BCUT2D eigenvalue weighted by Gasteiger charge is 2.45. The maximum atomic E-state index is 9.63. The van der Waals surface area contributed by atoms with Gasteiger partial charge in [-0.1, -0.05) is 39.0 Å². The molecule has 0 aliphatic heterocycles. The maximum Gasteiger partial charge on any atom is 0.120 e. The van der Waals surface area contributed by atoms with Crippen LogP contribution >= 0.6 is 0 Å². The molecule has 2 aromatic rings. The number of hydrogen-bond acceptors (Lipinski definition) is 2. The maximum absolute atomic E-state index is 9.63. The summed E-state index contributed by atoms with van der Waals surface area (Å²) in [5.41, 5.74) is 3.78. The van der Waals surface area contributed by atoms with Crippen LogP contribution in [0.25, 0.3) is 0 Å². The van der Waals surface area contributed by atoms with E-state index in [4.69, 9.17) is 4.74 Å². The van der Waals surface area contributed by atoms with Crippen LogP contribution in [0.4, 0.5) is 0 Å². The highest BCUT2D eigenvalue weighted by atomic mass is 16.5. The number of rotatable bonds is 2. The van der Waals surface area contributed by atoms with Crippen LogP contribution < -0.4 is 4.74 Å². The third-order valence-electron chi connectivity index (χ3n) is 5.04. The molecule has 3 rings (SSSR count). The minimum absolute atomic E-state index is 0.0796. The average Bonchev–Trinajstić information content (AvgIpc) is 2.65. The SMILES string of the molecule is CC(C)(C)Oc1ccc2c(c1)C(C)(c1ccc(O)cc1)CC2(C)C. The van der Waals surface area contributed by atoms with E-state index in [2.05, 4.69) is 59.7 Å². The van der Waals surface area contributed by atoms with E-state index in [0.717, 1.165) is 12.2 Å². The van der Waals surface area contributed by atoms with Gasteiger partial charge in [-0.15, -0.1) is 0 Å². The molecule has 0 heterocycles. The molecule has 0 amide bonds. The minimum Gasteiger partial charge on any atom is -0.508 e. The Hall–Kier alpha value is -1.96. The first-order valence-corrected chi connectivity index (χ1v) is 8.65. The molecule has 2 nitrogen and oxygen atoms in total. The molecular formula is C22H28O2. The number of ether oxygens (including phenoxy) is 1. The molecule has 1 N–H and O–H groups in total. The van der Waals surface area contributed by atoms with Crippen LogP contribution in [0.15, 0.2) is 42.5 Å². The van der Waals surface area contributed by atoms with Crippen molar-refractivity contribution >= 4 is 0 Å². The third-order valence-corrected chi connectivity index (χ3v) is 5.04. The summed E-state index contributed by atoms with van der Waals surface area (Å²) >= 11 is 0. The van der Waals surface area contributed by atoms with Crippen LogP contribution in [0, 0.1) is 0 Å². The second-order valence-electron chi connectivity index (χ2n) is 8.86. The lowest BCUT2D eigenvalue weighted by molar-refractivity contribution is 0.130. The Morgan fingerprint density at radius 2 is 1.54 bits per heavy atom. The van der Waals surface area contributed by atoms with E-state index in [-0.39, 0.29) is 16.4 Å². The third kappa shape index (κ3) is 2.90. The fraction of sp³-hybridized carbons (Fsp3) is 0.455. The Bertz CT molecular complexity index is 751. The van der Waals surface area contributed by atoms with Gasteiger partial charge in [0.25, 0.3) is 0 Å². The molecule has 128 valence electrons. The van der Waals surface area contributed by atoms with Crippen molar-refractivity contribution in [2.24, 2.45) is 0 Å². The van der Waals surface area contributed by atoms with Gasteiger partial charge in [0.05, 0.1) is 0 Å². The highest BCUT2D eigenvalue weighted by molar-refractivity contribution is 5.54. The van der Waals surface area contributed by atoms with E-state index in [9.17, 15) is 5.11 Å². The molecule has 2 aromatic carbocycles. The van der Waals surface area contributed by atoms with E-state index in [1.54, 1.807) is 12.1 Å². The average molecular weight is 324 g/mol. The molecule has 0 saturated heterocycles. The second kappa shape index (κ2) is 5.27. The second-order valence-corrected chi connectivity index (χ2v) is 8.86. The van der Waals surface area contributed by atoms with Crippen LogP contribution in [-0.2, 0) is 10.8 Å². The number of aromatic hydroxyl groups is 1. The molecule has 24 heavy (non-hydrogen) atoms. The van der Waals surface area contributed by atoms with Crippen molar-refractivity contribution in [3.8, 4) is 11.5 Å². The highest BCUT2D eigenvalue weighted by Crippen LogP contribution is 2.53. The quantitative estimate of drug-likeness (QED) is 0.784. The first kappa shape index (κ1) is 16.9. The monoisotopic (exact) mass is 324 g/mol. The van der Waals surface area contributed by atoms with E-state index < -0.39 is 0 Å². The summed E-state index contributed by atoms with van der Waals surface area (Å²) in [4.78, 5) is 0. The van der Waals surface area contributed by atoms with Gasteiger partial charge in [-0.3, -0.25) is 0 Å². The summed E-state index contributed by atoms with van der Waals surface area (Å²) in [6.45, 7) is 13.1. The van der Waals surface area contributed by atoms with Gasteiger partial charge < -0.3 is 9.84 Å². The Morgan fingerprint density at radius 1 is 0.917 bits per heavy atom. The van der Waals surface area contributed by atoms with Crippen LogP contribution in [0.2, 0.25) is 0 Å². The molecule has 0 bridgehead atoms. The summed E-state index contributed by atoms with van der Waals surface area (Å²) in [6, 6.07) is 14.2. The number of hydrogen-bond donors (Lipinski definition) is 1. The van der Waals surface area contributed by atoms with Crippen molar-refractivity contribution < 1.29 is 9.84 Å². The molecule has 1 aliphatic carbocycles. The molecule has 2 heteroatoms. The predicted molar refractivity (Wildman–Crippen MR) is 99.0 cm³/mol. The van der Waals surface area contributed by atoms with Gasteiger partial charge in [0.15, 0.2) is 0 Å². The largest absolute Gasteiger partial charge is 0.508 e. The van der Waals surface area contributed by atoms with Crippen molar-refractivity contribution in [2.45, 2.75) is 64.4 Å². The van der Waals surface area contributed by atoms with Gasteiger partial charge in [0, 0.05) is 5.41 Å². The Kier molecular flexibility index (Phi) is 3.71. The number of phenols is 1. The molecule has 0 aromatic heterocycles. The van der Waals surface area contributed by atoms with Crippen molar-refractivity contribution in [3.05, 3.63) is 59.2 Å². The van der Waals surface area contributed by atoms with Gasteiger partial charge in [0.2, 0.25) is 0 Å². The first-order chi connectivity index (χ1) is 11.0. The van der Waals surface area contributed by atoms with Gasteiger partial charge in [0.1, 0.15) is 17.1 Å². The van der Waals surface area contributed by atoms with Crippen molar-refractivity contribution in [1.29, 1.82) is 0 Å². The lowest BCUT2D eigenvalue weighted by atomic mass is 9.75. The summed E-state index contributed by atoms with van der Waals surface area (Å²) < 4.78 is 6.10. The summed E-state index contributed by atoms with van der Waals surface area (Å²) in [7, 11) is 0. The normalized spacial score (nSPS) is 22.2. The van der Waals surface area contributed by atoms with Crippen LogP contribution in [0.5, 0.6) is 11.5 Å². The lowest BCUT2D eigenvalue weighted by Crippen LogP contribution is -2.24. The summed E-state index contributed by atoms with van der Waals surface area (Å²) in [6.07, 6.45) is 1.04. The van der Waals surface area contributed by atoms with Crippen molar-refractivity contribution in [3.63, 3.8) is 0 Å². The summed E-state index contributed by atoms with van der Waals surface area (Å²) in [5, 5.41) is 9.63. The topological polar surface area (TPSA) is 29.5 Å². The van der Waals surface area contributed by atoms with E-state index in [1.807, 2.05) is 12.1 Å². The molecule has 1 unspecified atom stereocenters. The first-order valence-electron chi connectivity index (χ1n) is 8.65. The predicted octanol–water partition coefficient (Wildman–Crippen LogP) is 5.56. The van der Waals surface area contributed by atoms with Gasteiger partial charge in [-0.2, -0.15) is 0 Å². The zero-order valence-corrected chi connectivity index (χ0v) is 15.6. The smallest absolute Gasteiger partial charge is 0.120 e. The zero-order valence-electron chi connectivity index (χ0n) is 15.6. The molecule has 0 fully saturated rings. The number of phenolic OH excluding ortho intramolecular Hbond substituents is 1. The van der Waals surface area contributed by atoms with Crippen LogP contribution in [-0.4, -0.2) is 10.7 Å². The van der Waals surface area contributed by atoms with E-state index in [1.165, 1.54) is 16.7 Å². The Morgan fingerprint density at radius 3 is 2.12 bits per heavy atom. The number of fused-ring (bicyclic) bond motifs is 1. The molecule has 0 saturated carbocycles. The van der Waals surface area contributed by atoms with Crippen molar-refractivity contribution in [1.82, 2.24) is 0 Å². The van der Waals surface area contributed by atoms with Crippen LogP contribution in [0.3, 0.4) is 0 Å². The Balaban J connectivity index is 2.12. The fourth-order valence-corrected chi connectivity index (χ4v) is 4.15. The molecule has 0 radical (unpaired) electrons. The van der Waals surface area contributed by atoms with Crippen molar-refractivity contribution in [2.75, 3.05) is 0 Å². The standard InChI is InChI=1S/C22H28O2/c1-20(2,3)24-17-11-12-18-19(13-17)22(6,14-21(18,4)5)15-7-9-16(23)10-8-15/h7-13,23H,14H2,1-6H3. The van der Waals surface area contributed by atoms with E-state index >= 15 is 0 Å². The molecule has 0 spiro atoms.